The van der Waals surface area contributed by atoms with Crippen molar-refractivity contribution >= 4 is 55.4 Å². The van der Waals surface area contributed by atoms with Crippen LogP contribution in [0.1, 0.15) is 130 Å². The van der Waals surface area contributed by atoms with Crippen molar-refractivity contribution in [2.24, 2.45) is 11.3 Å². The Kier molecular flexibility index (Phi) is 15.5. The Morgan fingerprint density at radius 2 is 1.71 bits per heavy atom. The maximum absolute atomic E-state index is 14.9. The van der Waals surface area contributed by atoms with Crippen molar-refractivity contribution in [2.75, 3.05) is 74.7 Å². The van der Waals surface area contributed by atoms with Crippen molar-refractivity contribution in [1.82, 2.24) is 24.5 Å². The standard InChI is InChI=1S/C65H79N9O10S/c1-41(2)83-58-8-6-5-7-50(58)57-39-70(38-43-9-14-49(44-10-11-44)59(31-43)81-4)28-29-72(57)47-35-65(36-47)23-26-71(27-24-65)46-12-15-51(54(33-46)73-53-20-30-82-40-60(53)84-63-56(73)32-45-19-25-66-61(45)68-63)62(75)69-85(79,80)48-13-16-52(55(34-48)74(77)78)67-37-42-17-21-64(3,76)22-18-42/h5-9,12-16,19,25,31-34,41-42,44,47,53,57,60,67,76H,10-11,17-18,20-24,26-30,35-40H2,1-4H3,(H,66,68)(H,69,75)/t42-,53-,57+,60-,64-/m0/s1. The number of aromatic nitrogens is 2. The van der Waals surface area contributed by atoms with Gasteiger partial charge in [-0.05, 0) is 174 Å². The van der Waals surface area contributed by atoms with Gasteiger partial charge < -0.3 is 44.2 Å². The van der Waals surface area contributed by atoms with Crippen LogP contribution in [0.2, 0.25) is 0 Å². The Morgan fingerprint density at radius 3 is 2.47 bits per heavy atom. The third-order valence-electron chi connectivity index (χ3n) is 19.4. The minimum atomic E-state index is -4.65. The highest BCUT2D eigenvalue weighted by molar-refractivity contribution is 7.90. The van der Waals surface area contributed by atoms with Crippen molar-refractivity contribution in [2.45, 2.75) is 145 Å². The number of nitrogens with one attached hydrogen (secondary N) is 3. The van der Waals surface area contributed by atoms with Crippen LogP contribution in [0.15, 0.2) is 102 Å². The van der Waals surface area contributed by atoms with Crippen LogP contribution in [0.3, 0.4) is 0 Å². The van der Waals surface area contributed by atoms with E-state index in [1.807, 2.05) is 37.4 Å². The number of nitro groups is 1. The number of piperidine rings is 1. The smallest absolute Gasteiger partial charge is 0.293 e. The van der Waals surface area contributed by atoms with Gasteiger partial charge in [0.2, 0.25) is 5.88 Å². The van der Waals surface area contributed by atoms with Gasteiger partial charge in [-0.3, -0.25) is 24.7 Å². The summed E-state index contributed by atoms with van der Waals surface area (Å²) >= 11 is 0. The normalized spacial score (nSPS) is 24.5. The molecule has 4 N–H and O–H groups in total. The number of carbonyl (C=O) groups is 1. The van der Waals surface area contributed by atoms with Gasteiger partial charge in [-0.25, -0.2) is 13.1 Å². The second-order valence-electron chi connectivity index (χ2n) is 25.7. The van der Waals surface area contributed by atoms with Crippen LogP contribution in [-0.4, -0.2) is 134 Å². The number of piperazine rings is 1. The molecule has 1 spiro atoms. The second-order valence-corrected chi connectivity index (χ2v) is 27.4. The lowest BCUT2D eigenvalue weighted by Crippen LogP contribution is -2.59. The average molecular weight is 1180 g/mol. The van der Waals surface area contributed by atoms with Crippen LogP contribution < -0.4 is 34.0 Å². The topological polar surface area (TPSA) is 217 Å². The number of H-pyrrole nitrogens is 1. The molecule has 4 aromatic carbocycles. The van der Waals surface area contributed by atoms with Crippen molar-refractivity contribution in [3.05, 3.63) is 130 Å². The number of benzene rings is 4. The number of sulfonamides is 1. The molecule has 3 saturated carbocycles. The molecule has 6 fully saturated rings. The lowest BCUT2D eigenvalue weighted by atomic mass is 9.59. The summed E-state index contributed by atoms with van der Waals surface area (Å²) in [5.41, 5.74) is 5.82. The van der Waals surface area contributed by atoms with Crippen LogP contribution in [0.5, 0.6) is 17.4 Å². The van der Waals surface area contributed by atoms with Gasteiger partial charge >= 0.3 is 0 Å². The summed E-state index contributed by atoms with van der Waals surface area (Å²) in [5.74, 6) is 2.24. The first-order chi connectivity index (χ1) is 41.0. The molecule has 4 aliphatic heterocycles. The molecule has 3 saturated heterocycles. The third-order valence-corrected chi connectivity index (χ3v) is 20.7. The molecule has 2 aromatic heterocycles. The number of nitrogens with zero attached hydrogens (tertiary/aromatic N) is 6. The molecule has 6 heterocycles. The maximum Gasteiger partial charge on any atom is 0.293 e. The number of carbonyl (C=O) groups excluding carboxylic acids is 1. The van der Waals surface area contributed by atoms with Gasteiger partial charge in [-0.2, -0.15) is 4.98 Å². The highest BCUT2D eigenvalue weighted by atomic mass is 32.2. The quantitative estimate of drug-likeness (QED) is 0.0493. The average Bonchev–Trinajstić information content (AvgIpc) is 1.99. The molecule has 0 unspecified atom stereocenters. The number of aliphatic hydroxyl groups is 1. The summed E-state index contributed by atoms with van der Waals surface area (Å²) in [7, 11) is -2.86. The van der Waals surface area contributed by atoms with Crippen molar-refractivity contribution in [3.63, 3.8) is 0 Å². The van der Waals surface area contributed by atoms with Gasteiger partial charge in [-0.15, -0.1) is 0 Å². The molecule has 20 heteroatoms. The number of fused-ring (bicyclic) bond motifs is 3. The fraction of sp³-hybridized carbons (Fsp3) is 0.508. The molecule has 1 amide bonds. The number of nitro benzene ring substituents is 1. The summed E-state index contributed by atoms with van der Waals surface area (Å²) in [4.78, 5) is 44.2. The second kappa shape index (κ2) is 23.0. The van der Waals surface area contributed by atoms with Crippen molar-refractivity contribution in [1.29, 1.82) is 0 Å². The molecular formula is C65H79N9O10S. The molecule has 85 heavy (non-hydrogen) atoms. The van der Waals surface area contributed by atoms with Crippen molar-refractivity contribution in [3.8, 4) is 17.4 Å². The first-order valence-corrected chi connectivity index (χ1v) is 32.1. The van der Waals surface area contributed by atoms with E-state index in [1.165, 1.54) is 41.7 Å². The highest BCUT2D eigenvalue weighted by Crippen LogP contribution is 2.54. The van der Waals surface area contributed by atoms with Gasteiger partial charge in [0, 0.05) is 87.4 Å². The summed E-state index contributed by atoms with van der Waals surface area (Å²) in [6.07, 6.45) is 11.4. The minimum Gasteiger partial charge on any atom is -0.496 e. The number of rotatable bonds is 17. The van der Waals surface area contributed by atoms with Gasteiger partial charge in [0.05, 0.1) is 58.6 Å². The Morgan fingerprint density at radius 1 is 0.906 bits per heavy atom. The van der Waals surface area contributed by atoms with E-state index in [-0.39, 0.29) is 40.8 Å². The Bertz CT molecular complexity index is 3580. The van der Waals surface area contributed by atoms with Crippen LogP contribution in [0, 0.1) is 21.4 Å². The van der Waals surface area contributed by atoms with E-state index < -0.39 is 43.1 Å². The molecule has 13 rings (SSSR count). The molecule has 6 aromatic rings. The number of para-hydroxylation sites is 1. The lowest BCUT2D eigenvalue weighted by molar-refractivity contribution is -0.384. The number of amides is 1. The number of ether oxygens (including phenoxy) is 4. The summed E-state index contributed by atoms with van der Waals surface area (Å²) in [6, 6.07) is 28.9. The largest absolute Gasteiger partial charge is 0.496 e. The SMILES string of the molecule is COc1cc(CN2CCN(C3CC4(CCN(c5ccc(C(=O)NS(=O)(=O)c6ccc(NC[C@H]7CC[C@](C)(O)CC7)c([N+](=O)[O-])c6)c(N6c7cc8cc[nH]c8nc7O[C@H]7COCC[C@@H]76)c5)CC4)C3)[C@@H](c3ccccc3OC(C)C)C2)ccc1C1CC1. The first kappa shape index (κ1) is 57.1. The molecule has 7 aliphatic rings. The number of anilines is 4. The fourth-order valence-corrected chi connectivity index (χ4v) is 15.5. The summed E-state index contributed by atoms with van der Waals surface area (Å²) in [6.45, 7) is 12.4. The zero-order valence-corrected chi connectivity index (χ0v) is 50.0. The minimum absolute atomic E-state index is 0.0456. The Balaban J connectivity index is 0.751. The Labute approximate surface area is 497 Å². The molecule has 19 nitrogen and oxygen atoms in total. The zero-order chi connectivity index (χ0) is 58.8. The lowest BCUT2D eigenvalue weighted by Gasteiger charge is -2.58. The molecule has 3 atom stereocenters. The fourth-order valence-electron chi connectivity index (χ4n) is 14.5. The molecule has 0 radical (unpaired) electrons. The summed E-state index contributed by atoms with van der Waals surface area (Å²) in [5, 5.41) is 26.9. The van der Waals surface area contributed by atoms with Gasteiger partial charge in [0.15, 0.2) is 0 Å². The van der Waals surface area contributed by atoms with Gasteiger partial charge in [-0.1, -0.05) is 30.3 Å². The zero-order valence-electron chi connectivity index (χ0n) is 49.1. The number of pyridine rings is 1. The predicted molar refractivity (Wildman–Crippen MR) is 326 cm³/mol. The molecule has 0 bridgehead atoms. The molecular weight excluding hydrogens is 1100 g/mol. The Hall–Kier alpha value is -6.97. The van der Waals surface area contributed by atoms with E-state index >= 15 is 0 Å². The highest BCUT2D eigenvalue weighted by Gasteiger charge is 2.51. The van der Waals surface area contributed by atoms with E-state index in [2.05, 4.69) is 90.9 Å². The maximum atomic E-state index is 14.9. The number of methoxy groups -OCH3 is 1. The summed E-state index contributed by atoms with van der Waals surface area (Å²) < 4.78 is 55.9. The van der Waals surface area contributed by atoms with Crippen molar-refractivity contribution < 1.29 is 42.2 Å². The first-order valence-electron chi connectivity index (χ1n) is 30.6. The number of aromatic amines is 1. The van der Waals surface area contributed by atoms with Gasteiger partial charge in [0.25, 0.3) is 21.6 Å². The van der Waals surface area contributed by atoms with E-state index in [0.29, 0.717) is 73.9 Å². The molecule has 450 valence electrons. The van der Waals surface area contributed by atoms with E-state index in [9.17, 15) is 28.4 Å². The van der Waals surface area contributed by atoms with E-state index in [0.717, 1.165) is 106 Å². The van der Waals surface area contributed by atoms with Crippen LogP contribution in [-0.2, 0) is 21.3 Å². The molecule has 3 aliphatic carbocycles. The van der Waals surface area contributed by atoms with Crippen LogP contribution in [0.25, 0.3) is 11.0 Å². The van der Waals surface area contributed by atoms with E-state index in [4.69, 9.17) is 23.9 Å². The number of hydrogen-bond acceptors (Lipinski definition) is 16. The van der Waals surface area contributed by atoms with Crippen LogP contribution in [0.4, 0.5) is 28.4 Å². The monoisotopic (exact) mass is 1180 g/mol. The number of hydrogen-bond donors (Lipinski definition) is 4. The van der Waals surface area contributed by atoms with Gasteiger partial charge in [0.1, 0.15) is 34.6 Å². The third kappa shape index (κ3) is 11.8. The predicted octanol–water partition coefficient (Wildman–Crippen LogP) is 10.6. The van der Waals surface area contributed by atoms with E-state index in [1.54, 1.807) is 13.2 Å². The van der Waals surface area contributed by atoms with Crippen LogP contribution >= 0.6 is 0 Å².